The third-order valence-electron chi connectivity index (χ3n) is 6.08. The van der Waals surface area contributed by atoms with Crippen molar-refractivity contribution in [1.29, 1.82) is 0 Å². The van der Waals surface area contributed by atoms with Crippen LogP contribution in [0, 0.1) is 23.7 Å². The highest BCUT2D eigenvalue weighted by Crippen LogP contribution is 2.54. The molecule has 114 valence electrons. The summed E-state index contributed by atoms with van der Waals surface area (Å²) in [6.45, 7) is 4.26. The van der Waals surface area contributed by atoms with Gasteiger partial charge in [0.2, 0.25) is 0 Å². The van der Waals surface area contributed by atoms with Gasteiger partial charge in [0.1, 0.15) is 5.78 Å². The maximum atomic E-state index is 12.7. The van der Waals surface area contributed by atoms with Gasteiger partial charge in [-0.2, -0.15) is 0 Å². The van der Waals surface area contributed by atoms with Crippen molar-refractivity contribution >= 4 is 5.78 Å². The zero-order valence-electron chi connectivity index (χ0n) is 13.0. The number of methoxy groups -OCH3 is 1. The van der Waals surface area contributed by atoms with Crippen LogP contribution in [0.15, 0.2) is 0 Å². The Kier molecular flexibility index (Phi) is 4.19. The number of ketones is 1. The van der Waals surface area contributed by atoms with E-state index in [1.807, 2.05) is 0 Å². The molecule has 2 saturated carbocycles. The van der Waals surface area contributed by atoms with E-state index in [9.17, 15) is 4.79 Å². The van der Waals surface area contributed by atoms with E-state index in [0.717, 1.165) is 44.2 Å². The summed E-state index contributed by atoms with van der Waals surface area (Å²) in [6.07, 6.45) is 7.96. The highest BCUT2D eigenvalue weighted by Gasteiger charge is 2.57. The summed E-state index contributed by atoms with van der Waals surface area (Å²) in [5.41, 5.74) is 0.129. The summed E-state index contributed by atoms with van der Waals surface area (Å²) in [5.74, 6) is 2.93. The molecule has 0 aromatic rings. The van der Waals surface area contributed by atoms with Crippen LogP contribution in [0.4, 0.5) is 0 Å². The van der Waals surface area contributed by atoms with Gasteiger partial charge >= 0.3 is 0 Å². The molecule has 0 spiro atoms. The Morgan fingerprint density at radius 1 is 1.45 bits per heavy atom. The minimum absolute atomic E-state index is 0.129. The lowest BCUT2D eigenvalue weighted by Crippen LogP contribution is -2.68. The number of nitrogens with one attached hydrogen (secondary N) is 1. The van der Waals surface area contributed by atoms with Crippen molar-refractivity contribution in [3.05, 3.63) is 0 Å². The number of rotatable bonds is 4. The van der Waals surface area contributed by atoms with Gasteiger partial charge in [0.15, 0.2) is 0 Å². The van der Waals surface area contributed by atoms with Crippen LogP contribution in [0.2, 0.25) is 0 Å². The van der Waals surface area contributed by atoms with Crippen molar-refractivity contribution in [1.82, 2.24) is 5.32 Å². The maximum absolute atomic E-state index is 12.7. The smallest absolute Gasteiger partial charge is 0.138 e. The SMILES string of the molecule is COCCCC1C(=O)CC2CC(C)CC13NCCCC23. The second-order valence-corrected chi connectivity index (χ2v) is 7.38. The monoisotopic (exact) mass is 279 g/mol. The van der Waals surface area contributed by atoms with Crippen molar-refractivity contribution in [2.24, 2.45) is 23.7 Å². The van der Waals surface area contributed by atoms with E-state index in [1.165, 1.54) is 25.7 Å². The lowest BCUT2D eigenvalue weighted by atomic mass is 9.50. The van der Waals surface area contributed by atoms with Gasteiger partial charge in [0.05, 0.1) is 0 Å². The van der Waals surface area contributed by atoms with E-state index in [2.05, 4.69) is 12.2 Å². The van der Waals surface area contributed by atoms with Gasteiger partial charge in [-0.3, -0.25) is 4.79 Å². The first-order chi connectivity index (χ1) is 9.67. The largest absolute Gasteiger partial charge is 0.385 e. The molecule has 2 aliphatic carbocycles. The number of carbonyl (C=O) groups is 1. The van der Waals surface area contributed by atoms with Crippen LogP contribution in [0.25, 0.3) is 0 Å². The van der Waals surface area contributed by atoms with Gasteiger partial charge in [-0.05, 0) is 62.8 Å². The van der Waals surface area contributed by atoms with E-state index in [1.54, 1.807) is 7.11 Å². The third kappa shape index (κ3) is 2.33. The van der Waals surface area contributed by atoms with Crippen LogP contribution < -0.4 is 5.32 Å². The predicted octanol–water partition coefficient (Wildman–Crippen LogP) is 2.79. The molecule has 0 amide bonds. The summed E-state index contributed by atoms with van der Waals surface area (Å²) in [7, 11) is 1.75. The number of piperidine rings is 1. The average Bonchev–Trinajstić information content (AvgIpc) is 2.42. The van der Waals surface area contributed by atoms with Crippen LogP contribution in [0.5, 0.6) is 0 Å². The molecule has 3 nitrogen and oxygen atoms in total. The van der Waals surface area contributed by atoms with Gasteiger partial charge in [0.25, 0.3) is 0 Å². The Labute approximate surface area is 122 Å². The number of ether oxygens (including phenoxy) is 1. The molecular weight excluding hydrogens is 250 g/mol. The number of hydrogen-bond donors (Lipinski definition) is 1. The normalized spacial score (nSPS) is 44.2. The van der Waals surface area contributed by atoms with Crippen molar-refractivity contribution in [2.45, 2.75) is 57.4 Å². The molecule has 3 heteroatoms. The highest BCUT2D eigenvalue weighted by atomic mass is 16.5. The first kappa shape index (κ1) is 14.5. The summed E-state index contributed by atoms with van der Waals surface area (Å²) < 4.78 is 5.20. The second kappa shape index (κ2) is 5.76. The first-order valence-corrected chi connectivity index (χ1v) is 8.44. The van der Waals surface area contributed by atoms with E-state index < -0.39 is 0 Å². The molecule has 5 atom stereocenters. The number of Topliss-reactive ketones (excluding diaryl/α,β-unsaturated/α-hetero) is 1. The number of hydrogen-bond acceptors (Lipinski definition) is 3. The molecule has 5 unspecified atom stereocenters. The quantitative estimate of drug-likeness (QED) is 0.804. The summed E-state index contributed by atoms with van der Waals surface area (Å²) in [5, 5.41) is 3.84. The Morgan fingerprint density at radius 2 is 2.30 bits per heavy atom. The molecule has 0 radical (unpaired) electrons. The van der Waals surface area contributed by atoms with Crippen LogP contribution in [0.3, 0.4) is 0 Å². The van der Waals surface area contributed by atoms with E-state index >= 15 is 0 Å². The topological polar surface area (TPSA) is 38.3 Å². The highest BCUT2D eigenvalue weighted by molar-refractivity contribution is 5.84. The van der Waals surface area contributed by atoms with Crippen molar-refractivity contribution in [3.8, 4) is 0 Å². The van der Waals surface area contributed by atoms with Gasteiger partial charge in [0, 0.05) is 31.6 Å². The molecule has 0 aromatic heterocycles. The molecule has 1 aliphatic heterocycles. The minimum Gasteiger partial charge on any atom is -0.385 e. The average molecular weight is 279 g/mol. The summed E-state index contributed by atoms with van der Waals surface area (Å²) in [6, 6.07) is 0. The van der Waals surface area contributed by atoms with Crippen molar-refractivity contribution < 1.29 is 9.53 Å². The third-order valence-corrected chi connectivity index (χ3v) is 6.08. The molecule has 0 aromatic carbocycles. The lowest BCUT2D eigenvalue weighted by molar-refractivity contribution is -0.142. The van der Waals surface area contributed by atoms with Crippen LogP contribution in [-0.4, -0.2) is 31.6 Å². The molecule has 20 heavy (non-hydrogen) atoms. The fourth-order valence-corrected chi connectivity index (χ4v) is 5.54. The van der Waals surface area contributed by atoms with Crippen LogP contribution in [0.1, 0.15) is 51.9 Å². The van der Waals surface area contributed by atoms with E-state index in [0.29, 0.717) is 11.7 Å². The fraction of sp³-hybridized carbons (Fsp3) is 0.941. The molecule has 1 saturated heterocycles. The van der Waals surface area contributed by atoms with Gasteiger partial charge < -0.3 is 10.1 Å². The molecule has 3 fully saturated rings. The standard InChI is InChI=1S/C17H29NO2/c1-12-9-13-10-16(19)15(6-4-8-20-2)17(11-12)14(13)5-3-7-18-17/h12-15,18H,3-11H2,1-2H3. The van der Waals surface area contributed by atoms with E-state index in [-0.39, 0.29) is 11.5 Å². The Hall–Kier alpha value is -0.410. The molecule has 3 rings (SSSR count). The zero-order chi connectivity index (χ0) is 14.2. The van der Waals surface area contributed by atoms with E-state index in [4.69, 9.17) is 4.74 Å². The zero-order valence-corrected chi connectivity index (χ0v) is 13.0. The second-order valence-electron chi connectivity index (χ2n) is 7.38. The van der Waals surface area contributed by atoms with Crippen molar-refractivity contribution in [3.63, 3.8) is 0 Å². The fourth-order valence-electron chi connectivity index (χ4n) is 5.54. The van der Waals surface area contributed by atoms with Gasteiger partial charge in [-0.15, -0.1) is 0 Å². The Bertz CT molecular complexity index is 370. The predicted molar refractivity (Wildman–Crippen MR) is 79.6 cm³/mol. The molecule has 1 heterocycles. The summed E-state index contributed by atoms with van der Waals surface area (Å²) in [4.78, 5) is 12.7. The van der Waals surface area contributed by atoms with Gasteiger partial charge in [-0.1, -0.05) is 6.92 Å². The molecular formula is C17H29NO2. The Balaban J connectivity index is 1.85. The van der Waals surface area contributed by atoms with Crippen molar-refractivity contribution in [2.75, 3.05) is 20.3 Å². The van der Waals surface area contributed by atoms with Gasteiger partial charge in [-0.25, -0.2) is 0 Å². The summed E-state index contributed by atoms with van der Waals surface area (Å²) >= 11 is 0. The maximum Gasteiger partial charge on any atom is 0.138 e. The molecule has 1 N–H and O–H groups in total. The number of carbonyl (C=O) groups excluding carboxylic acids is 1. The minimum atomic E-state index is 0.129. The molecule has 2 bridgehead atoms. The van der Waals surface area contributed by atoms with Crippen LogP contribution in [-0.2, 0) is 9.53 Å². The first-order valence-electron chi connectivity index (χ1n) is 8.44. The molecule has 3 aliphatic rings. The Morgan fingerprint density at radius 3 is 3.10 bits per heavy atom. The lowest BCUT2D eigenvalue weighted by Gasteiger charge is -2.60. The van der Waals surface area contributed by atoms with Crippen LogP contribution >= 0.6 is 0 Å².